The van der Waals surface area contributed by atoms with Crippen molar-refractivity contribution in [2.45, 2.75) is 34.1 Å². The number of aliphatic hydroxyl groups is 1. The summed E-state index contributed by atoms with van der Waals surface area (Å²) in [6.45, 7) is 6.94. The zero-order chi connectivity index (χ0) is 13.0. The lowest BCUT2D eigenvalue weighted by Gasteiger charge is -2.23. The number of aliphatic carboxylic acids is 1. The molecule has 0 rings (SSSR count). The molecule has 16 heavy (non-hydrogen) atoms. The summed E-state index contributed by atoms with van der Waals surface area (Å²) < 4.78 is 0. The molecule has 0 aliphatic heterocycles. The van der Waals surface area contributed by atoms with Crippen molar-refractivity contribution >= 4 is 11.9 Å². The van der Waals surface area contributed by atoms with Gasteiger partial charge in [-0.1, -0.05) is 13.8 Å². The Morgan fingerprint density at radius 2 is 1.69 bits per heavy atom. The van der Waals surface area contributed by atoms with Crippen LogP contribution in [0.2, 0.25) is 0 Å². The largest absolute Gasteiger partial charge is 0.481 e. The number of carboxylic acids is 1. The summed E-state index contributed by atoms with van der Waals surface area (Å²) in [5, 5.41) is 20.4. The molecule has 0 saturated heterocycles. The maximum Gasteiger partial charge on any atom is 0.309 e. The summed E-state index contributed by atoms with van der Waals surface area (Å²) in [6, 6.07) is 0. The normalized spacial score (nSPS) is 12.3. The molecule has 0 fully saturated rings. The molecule has 5 heteroatoms. The van der Waals surface area contributed by atoms with Crippen LogP contribution < -0.4 is 5.32 Å². The van der Waals surface area contributed by atoms with Crippen LogP contribution in [0.1, 0.15) is 34.1 Å². The topological polar surface area (TPSA) is 86.6 Å². The molecule has 0 atom stereocenters. The zero-order valence-corrected chi connectivity index (χ0v) is 10.3. The Bertz CT molecular complexity index is 271. The highest BCUT2D eigenvalue weighted by molar-refractivity contribution is 5.84. The molecule has 0 heterocycles. The van der Waals surface area contributed by atoms with Gasteiger partial charge in [-0.15, -0.1) is 0 Å². The number of hydrogen-bond acceptors (Lipinski definition) is 3. The van der Waals surface area contributed by atoms with Gasteiger partial charge < -0.3 is 15.5 Å². The third-order valence-corrected chi connectivity index (χ3v) is 2.37. The SMILES string of the molecule is CC(C)(CO)CNC(=O)CC(C)(C)C(=O)O. The van der Waals surface area contributed by atoms with Crippen LogP contribution in [-0.2, 0) is 9.59 Å². The van der Waals surface area contributed by atoms with Crippen LogP contribution in [0, 0.1) is 10.8 Å². The zero-order valence-electron chi connectivity index (χ0n) is 10.3. The smallest absolute Gasteiger partial charge is 0.309 e. The van der Waals surface area contributed by atoms with E-state index in [2.05, 4.69) is 5.32 Å². The standard InChI is InChI=1S/C11H21NO4/c1-10(2,7-13)6-12-8(14)5-11(3,4)9(15)16/h13H,5-7H2,1-4H3,(H,12,14)(H,15,16). The minimum atomic E-state index is -1.06. The summed E-state index contributed by atoms with van der Waals surface area (Å²) in [7, 11) is 0. The van der Waals surface area contributed by atoms with Gasteiger partial charge in [0.15, 0.2) is 0 Å². The third-order valence-electron chi connectivity index (χ3n) is 2.37. The van der Waals surface area contributed by atoms with E-state index in [0.29, 0.717) is 6.54 Å². The monoisotopic (exact) mass is 231 g/mol. The van der Waals surface area contributed by atoms with Gasteiger partial charge in [0.05, 0.1) is 5.41 Å². The summed E-state index contributed by atoms with van der Waals surface area (Å²) in [5.41, 5.74) is -1.45. The molecule has 0 spiro atoms. The van der Waals surface area contributed by atoms with E-state index in [1.165, 1.54) is 13.8 Å². The van der Waals surface area contributed by atoms with Crippen molar-refractivity contribution in [3.05, 3.63) is 0 Å². The summed E-state index contributed by atoms with van der Waals surface area (Å²) in [6.07, 6.45) is -0.0656. The number of carbonyl (C=O) groups excluding carboxylic acids is 1. The Kier molecular flexibility index (Phi) is 4.93. The minimum absolute atomic E-state index is 0.0321. The van der Waals surface area contributed by atoms with E-state index >= 15 is 0 Å². The highest BCUT2D eigenvalue weighted by Crippen LogP contribution is 2.20. The van der Waals surface area contributed by atoms with Crippen molar-refractivity contribution in [3.63, 3.8) is 0 Å². The lowest BCUT2D eigenvalue weighted by atomic mass is 9.88. The van der Waals surface area contributed by atoms with Crippen molar-refractivity contribution in [3.8, 4) is 0 Å². The fraction of sp³-hybridized carbons (Fsp3) is 0.818. The van der Waals surface area contributed by atoms with Crippen LogP contribution in [-0.4, -0.2) is 35.2 Å². The van der Waals surface area contributed by atoms with Gasteiger partial charge in [0.25, 0.3) is 0 Å². The first-order chi connectivity index (χ1) is 7.10. The van der Waals surface area contributed by atoms with E-state index in [4.69, 9.17) is 10.2 Å². The molecule has 5 nitrogen and oxygen atoms in total. The fourth-order valence-electron chi connectivity index (χ4n) is 0.933. The molecule has 0 aliphatic rings. The summed E-state index contributed by atoms with van der Waals surface area (Å²) in [4.78, 5) is 22.3. The quantitative estimate of drug-likeness (QED) is 0.625. The molecule has 0 saturated carbocycles. The number of carboxylic acid groups (broad SMARTS) is 1. The predicted octanol–water partition coefficient (Wildman–Crippen LogP) is 0.622. The predicted molar refractivity (Wildman–Crippen MR) is 59.9 cm³/mol. The third kappa shape index (κ3) is 5.11. The number of carbonyl (C=O) groups is 2. The Balaban J connectivity index is 4.16. The molecular weight excluding hydrogens is 210 g/mol. The number of aliphatic hydroxyl groups excluding tert-OH is 1. The highest BCUT2D eigenvalue weighted by Gasteiger charge is 2.30. The number of nitrogens with one attached hydrogen (secondary N) is 1. The number of rotatable bonds is 6. The van der Waals surface area contributed by atoms with Crippen LogP contribution >= 0.6 is 0 Å². The van der Waals surface area contributed by atoms with E-state index in [1.54, 1.807) is 0 Å². The van der Waals surface area contributed by atoms with Crippen LogP contribution in [0.15, 0.2) is 0 Å². The average molecular weight is 231 g/mol. The minimum Gasteiger partial charge on any atom is -0.481 e. The Hall–Kier alpha value is -1.10. The Labute approximate surface area is 95.9 Å². The second kappa shape index (κ2) is 5.30. The molecule has 94 valence electrons. The van der Waals surface area contributed by atoms with Crippen LogP contribution in [0.4, 0.5) is 0 Å². The van der Waals surface area contributed by atoms with E-state index in [-0.39, 0.29) is 24.3 Å². The van der Waals surface area contributed by atoms with Crippen LogP contribution in [0.5, 0.6) is 0 Å². The van der Waals surface area contributed by atoms with E-state index < -0.39 is 11.4 Å². The van der Waals surface area contributed by atoms with Gasteiger partial charge in [0, 0.05) is 25.0 Å². The van der Waals surface area contributed by atoms with E-state index in [1.807, 2.05) is 13.8 Å². The molecule has 1 amide bonds. The second-order valence-electron chi connectivity index (χ2n) is 5.46. The summed E-state index contributed by atoms with van der Waals surface area (Å²) in [5.74, 6) is -1.31. The van der Waals surface area contributed by atoms with E-state index in [0.717, 1.165) is 0 Å². The average Bonchev–Trinajstić information content (AvgIpc) is 2.14. The van der Waals surface area contributed by atoms with Gasteiger partial charge in [-0.05, 0) is 13.8 Å². The maximum atomic E-state index is 11.5. The molecule has 0 aromatic heterocycles. The van der Waals surface area contributed by atoms with Crippen molar-refractivity contribution in [2.24, 2.45) is 10.8 Å². The number of hydrogen-bond donors (Lipinski definition) is 3. The van der Waals surface area contributed by atoms with Gasteiger partial charge in [-0.2, -0.15) is 0 Å². The van der Waals surface area contributed by atoms with Gasteiger partial charge in [0.2, 0.25) is 5.91 Å². The Morgan fingerprint density at radius 1 is 1.19 bits per heavy atom. The molecule has 0 aromatic rings. The first-order valence-electron chi connectivity index (χ1n) is 5.22. The van der Waals surface area contributed by atoms with Crippen molar-refractivity contribution in [1.82, 2.24) is 5.32 Å². The van der Waals surface area contributed by atoms with Gasteiger partial charge >= 0.3 is 5.97 Å². The van der Waals surface area contributed by atoms with Gasteiger partial charge in [0.1, 0.15) is 0 Å². The second-order valence-corrected chi connectivity index (χ2v) is 5.46. The first kappa shape index (κ1) is 14.9. The van der Waals surface area contributed by atoms with Crippen LogP contribution in [0.25, 0.3) is 0 Å². The lowest BCUT2D eigenvalue weighted by molar-refractivity contribution is -0.149. The fourth-order valence-corrected chi connectivity index (χ4v) is 0.933. The lowest BCUT2D eigenvalue weighted by Crippen LogP contribution is -2.39. The van der Waals surface area contributed by atoms with Gasteiger partial charge in [-0.3, -0.25) is 9.59 Å². The van der Waals surface area contributed by atoms with Crippen molar-refractivity contribution in [2.75, 3.05) is 13.2 Å². The van der Waals surface area contributed by atoms with Crippen molar-refractivity contribution < 1.29 is 19.8 Å². The highest BCUT2D eigenvalue weighted by atomic mass is 16.4. The number of amides is 1. The van der Waals surface area contributed by atoms with E-state index in [9.17, 15) is 9.59 Å². The molecule has 0 aliphatic carbocycles. The first-order valence-corrected chi connectivity index (χ1v) is 5.22. The summed E-state index contributed by atoms with van der Waals surface area (Å²) >= 11 is 0. The molecule has 0 radical (unpaired) electrons. The van der Waals surface area contributed by atoms with Crippen molar-refractivity contribution in [1.29, 1.82) is 0 Å². The molecular formula is C11H21NO4. The molecule has 0 aromatic carbocycles. The molecule has 0 unspecified atom stereocenters. The maximum absolute atomic E-state index is 11.5. The van der Waals surface area contributed by atoms with Gasteiger partial charge in [-0.25, -0.2) is 0 Å². The molecule has 3 N–H and O–H groups in total. The molecule has 0 bridgehead atoms. The Morgan fingerprint density at radius 3 is 2.06 bits per heavy atom. The van der Waals surface area contributed by atoms with Crippen LogP contribution in [0.3, 0.4) is 0 Å².